The molecule has 0 saturated heterocycles. The molecule has 1 rings (SSSR count). The number of carbonyl (C=O) groups is 1. The van der Waals surface area contributed by atoms with E-state index < -0.39 is 6.03 Å². The van der Waals surface area contributed by atoms with E-state index in [9.17, 15) is 4.79 Å². The summed E-state index contributed by atoms with van der Waals surface area (Å²) in [4.78, 5) is 11.0. The van der Waals surface area contributed by atoms with Crippen LogP contribution in [0.15, 0.2) is 10.6 Å². The van der Waals surface area contributed by atoms with Gasteiger partial charge < -0.3 is 14.9 Å². The van der Waals surface area contributed by atoms with Crippen LogP contribution in [-0.2, 0) is 0 Å². The van der Waals surface area contributed by atoms with E-state index in [1.807, 2.05) is 0 Å². The molecule has 0 aliphatic carbocycles. The lowest BCUT2D eigenvalue weighted by Crippen LogP contribution is -2.31. The van der Waals surface area contributed by atoms with Crippen molar-refractivity contribution in [1.29, 1.82) is 0 Å². The summed E-state index contributed by atoms with van der Waals surface area (Å²) >= 11 is 0. The molecule has 0 aromatic carbocycles. The number of aliphatic hydroxyl groups is 1. The molecular weight excluding hydrogens is 174 g/mol. The minimum Gasteiger partial charge on any atom is -0.395 e. The molecule has 3 N–H and O–H groups in total. The molecule has 0 saturated carbocycles. The molecule has 2 amide bonds. The summed E-state index contributed by atoms with van der Waals surface area (Å²) in [5.74, 6) is 0.977. The number of nitrogens with zero attached hydrogens (tertiary/aromatic N) is 1. The average Bonchev–Trinajstić information content (AvgIpc) is 2.48. The van der Waals surface area contributed by atoms with Crippen LogP contribution in [-0.4, -0.2) is 29.4 Å². The number of rotatable bonds is 3. The molecule has 1 aromatic heterocycles. The maximum Gasteiger partial charge on any atom is 0.320 e. The van der Waals surface area contributed by atoms with Crippen molar-refractivity contribution in [3.63, 3.8) is 0 Å². The average molecular weight is 185 g/mol. The second-order valence-electron chi connectivity index (χ2n) is 2.43. The third-order valence-electron chi connectivity index (χ3n) is 1.27. The summed E-state index contributed by atoms with van der Waals surface area (Å²) in [5.41, 5.74) is 0. The van der Waals surface area contributed by atoms with Gasteiger partial charge in [0, 0.05) is 12.6 Å². The topological polar surface area (TPSA) is 87.4 Å². The molecule has 0 aliphatic heterocycles. The van der Waals surface area contributed by atoms with Crippen LogP contribution in [0.25, 0.3) is 0 Å². The van der Waals surface area contributed by atoms with Crippen molar-refractivity contribution in [2.24, 2.45) is 0 Å². The molecule has 6 nitrogen and oxygen atoms in total. The number of carbonyl (C=O) groups excluding carboxylic acids is 1. The molecule has 0 radical (unpaired) electrons. The van der Waals surface area contributed by atoms with E-state index in [1.165, 1.54) is 0 Å². The summed E-state index contributed by atoms with van der Waals surface area (Å²) in [6.45, 7) is 1.84. The lowest BCUT2D eigenvalue weighted by molar-refractivity contribution is 0.244. The standard InChI is InChI=1S/C7H11N3O3/c1-5-4-6(10-13-5)9-7(12)8-2-3-11/h4,11H,2-3H2,1H3,(H2,8,9,10,12). The number of amides is 2. The van der Waals surface area contributed by atoms with E-state index in [-0.39, 0.29) is 13.2 Å². The Morgan fingerprint density at radius 3 is 3.08 bits per heavy atom. The first-order valence-corrected chi connectivity index (χ1v) is 3.81. The molecule has 0 aliphatic rings. The van der Waals surface area contributed by atoms with Gasteiger partial charge in [0.05, 0.1) is 6.61 Å². The fourth-order valence-electron chi connectivity index (χ4n) is 0.755. The molecule has 0 bridgehead atoms. The number of hydrogen-bond acceptors (Lipinski definition) is 4. The van der Waals surface area contributed by atoms with Gasteiger partial charge in [-0.1, -0.05) is 5.16 Å². The van der Waals surface area contributed by atoms with Gasteiger partial charge in [0.2, 0.25) is 0 Å². The van der Waals surface area contributed by atoms with E-state index >= 15 is 0 Å². The van der Waals surface area contributed by atoms with Gasteiger partial charge in [-0.15, -0.1) is 0 Å². The number of aliphatic hydroxyl groups excluding tert-OH is 1. The smallest absolute Gasteiger partial charge is 0.320 e. The number of hydrogen-bond donors (Lipinski definition) is 3. The molecule has 0 spiro atoms. The highest BCUT2D eigenvalue weighted by molar-refractivity contribution is 5.88. The first kappa shape index (κ1) is 9.53. The van der Waals surface area contributed by atoms with Crippen LogP contribution in [0.1, 0.15) is 5.76 Å². The Morgan fingerprint density at radius 2 is 2.54 bits per heavy atom. The van der Waals surface area contributed by atoms with Gasteiger partial charge in [0.15, 0.2) is 5.82 Å². The molecule has 0 unspecified atom stereocenters. The van der Waals surface area contributed by atoms with E-state index in [1.54, 1.807) is 13.0 Å². The van der Waals surface area contributed by atoms with E-state index in [0.29, 0.717) is 11.6 Å². The lowest BCUT2D eigenvalue weighted by atomic mass is 10.5. The van der Waals surface area contributed by atoms with Crippen LogP contribution < -0.4 is 10.6 Å². The summed E-state index contributed by atoms with van der Waals surface area (Å²) in [5, 5.41) is 16.8. The van der Waals surface area contributed by atoms with Gasteiger partial charge in [0.1, 0.15) is 5.76 Å². The van der Waals surface area contributed by atoms with E-state index in [4.69, 9.17) is 9.63 Å². The molecular formula is C7H11N3O3. The Balaban J connectivity index is 2.36. The Bertz CT molecular complexity index is 284. The van der Waals surface area contributed by atoms with Crippen LogP contribution in [0, 0.1) is 6.92 Å². The summed E-state index contributed by atoms with van der Waals surface area (Å²) in [6.07, 6.45) is 0. The third kappa shape index (κ3) is 3.12. The Labute approximate surface area is 74.9 Å². The molecule has 0 fully saturated rings. The van der Waals surface area contributed by atoms with Crippen LogP contribution in [0.3, 0.4) is 0 Å². The van der Waals surface area contributed by atoms with Gasteiger partial charge in [-0.3, -0.25) is 5.32 Å². The lowest BCUT2D eigenvalue weighted by Gasteiger charge is -2.01. The Hall–Kier alpha value is -1.56. The van der Waals surface area contributed by atoms with Gasteiger partial charge in [-0.2, -0.15) is 0 Å². The number of urea groups is 1. The van der Waals surface area contributed by atoms with Gasteiger partial charge >= 0.3 is 6.03 Å². The Kier molecular flexibility index (Phi) is 3.27. The highest BCUT2D eigenvalue weighted by atomic mass is 16.5. The fraction of sp³-hybridized carbons (Fsp3) is 0.429. The molecule has 6 heteroatoms. The zero-order chi connectivity index (χ0) is 9.68. The normalized spacial score (nSPS) is 9.69. The fourth-order valence-corrected chi connectivity index (χ4v) is 0.755. The summed E-state index contributed by atoms with van der Waals surface area (Å²) in [7, 11) is 0. The minimum absolute atomic E-state index is 0.0920. The summed E-state index contributed by atoms with van der Waals surface area (Å²) < 4.78 is 4.73. The predicted octanol–water partition coefficient (Wildman–Crippen LogP) is 0.0968. The molecule has 1 heterocycles. The van der Waals surface area contributed by atoms with Crippen molar-refractivity contribution in [1.82, 2.24) is 10.5 Å². The van der Waals surface area contributed by atoms with Gasteiger partial charge in [0.25, 0.3) is 0 Å². The largest absolute Gasteiger partial charge is 0.395 e. The van der Waals surface area contributed by atoms with Crippen molar-refractivity contribution in [2.45, 2.75) is 6.92 Å². The highest BCUT2D eigenvalue weighted by Gasteiger charge is 2.03. The third-order valence-corrected chi connectivity index (χ3v) is 1.27. The number of anilines is 1. The zero-order valence-electron chi connectivity index (χ0n) is 7.20. The van der Waals surface area contributed by atoms with Crippen LogP contribution in [0.4, 0.5) is 10.6 Å². The van der Waals surface area contributed by atoms with E-state index in [2.05, 4.69) is 15.8 Å². The van der Waals surface area contributed by atoms with Crippen molar-refractivity contribution in [3.05, 3.63) is 11.8 Å². The number of nitrogens with one attached hydrogen (secondary N) is 2. The SMILES string of the molecule is Cc1cc(NC(=O)NCCO)no1. The van der Waals surface area contributed by atoms with Crippen LogP contribution in [0.5, 0.6) is 0 Å². The monoisotopic (exact) mass is 185 g/mol. The molecule has 72 valence electrons. The second-order valence-corrected chi connectivity index (χ2v) is 2.43. The van der Waals surface area contributed by atoms with Crippen LogP contribution in [0.2, 0.25) is 0 Å². The summed E-state index contributed by atoms with van der Waals surface area (Å²) in [6, 6.07) is 1.18. The predicted molar refractivity (Wildman–Crippen MR) is 45.3 cm³/mol. The number of aromatic nitrogens is 1. The Morgan fingerprint density at radius 1 is 1.77 bits per heavy atom. The highest BCUT2D eigenvalue weighted by Crippen LogP contribution is 2.05. The van der Waals surface area contributed by atoms with Crippen LogP contribution >= 0.6 is 0 Å². The van der Waals surface area contributed by atoms with Crippen molar-refractivity contribution >= 4 is 11.8 Å². The molecule has 0 atom stereocenters. The van der Waals surface area contributed by atoms with Crippen molar-refractivity contribution < 1.29 is 14.4 Å². The minimum atomic E-state index is -0.414. The quantitative estimate of drug-likeness (QED) is 0.623. The molecule has 1 aromatic rings. The maximum atomic E-state index is 11.0. The number of aryl methyl sites for hydroxylation is 1. The van der Waals surface area contributed by atoms with E-state index in [0.717, 1.165) is 0 Å². The van der Waals surface area contributed by atoms with Gasteiger partial charge in [-0.25, -0.2) is 4.79 Å². The maximum absolute atomic E-state index is 11.0. The molecule has 13 heavy (non-hydrogen) atoms. The first-order chi connectivity index (χ1) is 6.22. The van der Waals surface area contributed by atoms with Crippen molar-refractivity contribution in [3.8, 4) is 0 Å². The second kappa shape index (κ2) is 4.46. The first-order valence-electron chi connectivity index (χ1n) is 3.81. The van der Waals surface area contributed by atoms with Crippen molar-refractivity contribution in [2.75, 3.05) is 18.5 Å². The van der Waals surface area contributed by atoms with Gasteiger partial charge in [-0.05, 0) is 6.92 Å². The zero-order valence-corrected chi connectivity index (χ0v) is 7.20.